The number of carbonyl (C=O) groups excluding carboxylic acids is 3. The first-order valence-corrected chi connectivity index (χ1v) is 13.2. The van der Waals surface area contributed by atoms with E-state index >= 15 is 0 Å². The number of piperazine rings is 1. The molecule has 0 atom stereocenters. The number of anilines is 2. The van der Waals surface area contributed by atoms with Crippen molar-refractivity contribution in [2.24, 2.45) is 0 Å². The maximum atomic E-state index is 13.2. The van der Waals surface area contributed by atoms with Gasteiger partial charge in [0.05, 0.1) is 24.0 Å². The van der Waals surface area contributed by atoms with E-state index in [4.69, 9.17) is 9.15 Å². The Morgan fingerprint density at radius 3 is 2.26 bits per heavy atom. The Kier molecular flexibility index (Phi) is 7.79. The zero-order valence-electron chi connectivity index (χ0n) is 21.2. The van der Waals surface area contributed by atoms with Gasteiger partial charge in [-0.15, -0.1) is 0 Å². The van der Waals surface area contributed by atoms with Gasteiger partial charge in [-0.25, -0.2) is 4.79 Å². The second-order valence-corrected chi connectivity index (χ2v) is 9.91. The third-order valence-corrected chi connectivity index (χ3v) is 7.08. The first-order valence-electron chi connectivity index (χ1n) is 12.4. The Hall–Kier alpha value is -4.37. The lowest BCUT2D eigenvalue weighted by Gasteiger charge is -2.37. The molecule has 1 N–H and O–H groups in total. The van der Waals surface area contributed by atoms with Gasteiger partial charge >= 0.3 is 5.97 Å². The van der Waals surface area contributed by atoms with Crippen molar-refractivity contribution in [3.05, 3.63) is 106 Å². The number of hydrogen-bond donors (Lipinski definition) is 1. The van der Waals surface area contributed by atoms with E-state index in [2.05, 4.69) is 26.1 Å². The molecule has 5 rings (SSSR count). The van der Waals surface area contributed by atoms with Crippen LogP contribution in [0, 0.1) is 0 Å². The maximum Gasteiger partial charge on any atom is 0.337 e. The van der Waals surface area contributed by atoms with Gasteiger partial charge in [0, 0.05) is 41.8 Å². The molecule has 2 amide bonds. The van der Waals surface area contributed by atoms with E-state index < -0.39 is 11.9 Å². The standard InChI is InChI=1S/C30H26BrN3O5/c1-38-30(37)22-9-12-25(33-15-17-34(18-16-33)29(36)21-5-3-2-4-6-21)24(19-22)32-28(35)27-14-13-26(39-27)20-7-10-23(31)11-8-20/h2-14,19H,15-18H2,1H3,(H,32,35). The summed E-state index contributed by atoms with van der Waals surface area (Å²) in [5.74, 6) is -0.259. The molecule has 3 aromatic carbocycles. The molecule has 1 aliphatic rings. The van der Waals surface area contributed by atoms with Crippen LogP contribution in [-0.4, -0.2) is 56.0 Å². The van der Waals surface area contributed by atoms with Gasteiger partial charge in [0.2, 0.25) is 0 Å². The molecule has 0 radical (unpaired) electrons. The summed E-state index contributed by atoms with van der Waals surface area (Å²) < 4.78 is 11.7. The van der Waals surface area contributed by atoms with Crippen molar-refractivity contribution in [1.82, 2.24) is 4.90 Å². The molecule has 0 saturated carbocycles. The summed E-state index contributed by atoms with van der Waals surface area (Å²) in [6.45, 7) is 2.17. The van der Waals surface area contributed by atoms with Crippen LogP contribution in [0.25, 0.3) is 11.3 Å². The van der Waals surface area contributed by atoms with Gasteiger partial charge < -0.3 is 24.3 Å². The van der Waals surface area contributed by atoms with Crippen molar-refractivity contribution in [2.45, 2.75) is 0 Å². The molecule has 9 heteroatoms. The van der Waals surface area contributed by atoms with Crippen molar-refractivity contribution >= 4 is 45.1 Å². The highest BCUT2D eigenvalue weighted by molar-refractivity contribution is 9.10. The zero-order valence-corrected chi connectivity index (χ0v) is 22.8. The predicted molar refractivity (Wildman–Crippen MR) is 152 cm³/mol. The Balaban J connectivity index is 1.34. The Bertz CT molecular complexity index is 1490. The van der Waals surface area contributed by atoms with Crippen LogP contribution in [0.3, 0.4) is 0 Å². The molecule has 8 nitrogen and oxygen atoms in total. The molecular weight excluding hydrogens is 562 g/mol. The lowest BCUT2D eigenvalue weighted by atomic mass is 10.1. The van der Waals surface area contributed by atoms with E-state index in [-0.39, 0.29) is 11.7 Å². The number of ether oxygens (including phenoxy) is 1. The van der Waals surface area contributed by atoms with E-state index in [0.29, 0.717) is 48.8 Å². The van der Waals surface area contributed by atoms with Gasteiger partial charge in [-0.1, -0.05) is 46.3 Å². The van der Waals surface area contributed by atoms with Gasteiger partial charge in [0.1, 0.15) is 5.76 Å². The Morgan fingerprint density at radius 1 is 0.846 bits per heavy atom. The summed E-state index contributed by atoms with van der Waals surface area (Å²) >= 11 is 3.41. The van der Waals surface area contributed by atoms with E-state index in [1.165, 1.54) is 7.11 Å². The second-order valence-electron chi connectivity index (χ2n) is 8.99. The van der Waals surface area contributed by atoms with Crippen molar-refractivity contribution in [3.63, 3.8) is 0 Å². The van der Waals surface area contributed by atoms with Gasteiger partial charge in [-0.05, 0) is 54.6 Å². The Morgan fingerprint density at radius 2 is 1.56 bits per heavy atom. The largest absolute Gasteiger partial charge is 0.465 e. The van der Waals surface area contributed by atoms with Crippen LogP contribution in [0.15, 0.2) is 93.8 Å². The highest BCUT2D eigenvalue weighted by Crippen LogP contribution is 2.30. The number of furan rings is 1. The molecule has 0 spiro atoms. The number of methoxy groups -OCH3 is 1. The molecule has 0 bridgehead atoms. The van der Waals surface area contributed by atoms with Crippen LogP contribution in [0.1, 0.15) is 31.3 Å². The quantitative estimate of drug-likeness (QED) is 0.290. The van der Waals surface area contributed by atoms with Crippen LogP contribution in [0.5, 0.6) is 0 Å². The highest BCUT2D eigenvalue weighted by Gasteiger charge is 2.25. The molecule has 1 fully saturated rings. The van der Waals surface area contributed by atoms with Gasteiger partial charge in [0.15, 0.2) is 5.76 Å². The lowest BCUT2D eigenvalue weighted by Crippen LogP contribution is -2.49. The number of carbonyl (C=O) groups is 3. The van der Waals surface area contributed by atoms with Gasteiger partial charge in [-0.2, -0.15) is 0 Å². The monoisotopic (exact) mass is 587 g/mol. The fourth-order valence-electron chi connectivity index (χ4n) is 4.48. The first-order chi connectivity index (χ1) is 18.9. The van der Waals surface area contributed by atoms with Crippen LogP contribution < -0.4 is 10.2 Å². The lowest BCUT2D eigenvalue weighted by molar-refractivity contribution is 0.0600. The van der Waals surface area contributed by atoms with Crippen molar-refractivity contribution < 1.29 is 23.5 Å². The smallest absolute Gasteiger partial charge is 0.337 e. The number of amides is 2. The highest BCUT2D eigenvalue weighted by atomic mass is 79.9. The molecule has 1 aliphatic heterocycles. The summed E-state index contributed by atoms with van der Waals surface area (Å²) in [7, 11) is 1.31. The van der Waals surface area contributed by atoms with Crippen LogP contribution in [0.4, 0.5) is 11.4 Å². The molecule has 1 saturated heterocycles. The minimum absolute atomic E-state index is 0.00999. The average Bonchev–Trinajstić information content (AvgIpc) is 3.48. The van der Waals surface area contributed by atoms with E-state index in [1.54, 1.807) is 30.3 Å². The summed E-state index contributed by atoms with van der Waals surface area (Å²) in [4.78, 5) is 42.2. The van der Waals surface area contributed by atoms with Crippen LogP contribution >= 0.6 is 15.9 Å². The number of hydrogen-bond acceptors (Lipinski definition) is 6. The van der Waals surface area contributed by atoms with Crippen molar-refractivity contribution in [2.75, 3.05) is 43.5 Å². The number of halogens is 1. The zero-order chi connectivity index (χ0) is 27.4. The maximum absolute atomic E-state index is 13.2. The van der Waals surface area contributed by atoms with Crippen molar-refractivity contribution in [1.29, 1.82) is 0 Å². The van der Waals surface area contributed by atoms with Crippen LogP contribution in [-0.2, 0) is 4.74 Å². The van der Waals surface area contributed by atoms with Gasteiger partial charge in [0.25, 0.3) is 11.8 Å². The SMILES string of the molecule is COC(=O)c1ccc(N2CCN(C(=O)c3ccccc3)CC2)c(NC(=O)c2ccc(-c3ccc(Br)cc3)o2)c1. The number of nitrogens with one attached hydrogen (secondary N) is 1. The molecule has 4 aromatic rings. The molecule has 198 valence electrons. The molecule has 0 aliphatic carbocycles. The van der Waals surface area contributed by atoms with E-state index in [1.807, 2.05) is 59.5 Å². The topological polar surface area (TPSA) is 92.1 Å². The predicted octanol–water partition coefficient (Wildman–Crippen LogP) is 5.71. The van der Waals surface area contributed by atoms with Gasteiger partial charge in [-0.3, -0.25) is 9.59 Å². The van der Waals surface area contributed by atoms with Crippen molar-refractivity contribution in [3.8, 4) is 11.3 Å². The number of benzene rings is 3. The third kappa shape index (κ3) is 5.88. The van der Waals surface area contributed by atoms with E-state index in [9.17, 15) is 14.4 Å². The summed E-state index contributed by atoms with van der Waals surface area (Å²) in [6.07, 6.45) is 0. The fourth-order valence-corrected chi connectivity index (χ4v) is 4.75. The summed E-state index contributed by atoms with van der Waals surface area (Å²) in [6, 6.07) is 25.2. The molecular formula is C30H26BrN3O5. The minimum atomic E-state index is -0.508. The molecule has 0 unspecified atom stereocenters. The number of esters is 1. The van der Waals surface area contributed by atoms with Crippen LogP contribution in [0.2, 0.25) is 0 Å². The second kappa shape index (κ2) is 11.6. The fraction of sp³-hybridized carbons (Fsp3) is 0.167. The van der Waals surface area contributed by atoms with E-state index in [0.717, 1.165) is 15.7 Å². The average molecular weight is 588 g/mol. The number of rotatable bonds is 6. The molecule has 39 heavy (non-hydrogen) atoms. The number of nitrogens with zero attached hydrogens (tertiary/aromatic N) is 2. The summed E-state index contributed by atoms with van der Waals surface area (Å²) in [5.41, 5.74) is 3.00. The Labute approximate surface area is 234 Å². The molecule has 1 aromatic heterocycles. The normalized spacial score (nSPS) is 13.2. The third-order valence-electron chi connectivity index (χ3n) is 6.55. The molecule has 2 heterocycles. The minimum Gasteiger partial charge on any atom is -0.465 e. The summed E-state index contributed by atoms with van der Waals surface area (Å²) in [5, 5.41) is 2.91. The first kappa shape index (κ1) is 26.2.